The molecule has 0 spiro atoms. The maximum atomic E-state index is 8.74. The summed E-state index contributed by atoms with van der Waals surface area (Å²) in [6, 6.07) is 3.20. The van der Waals surface area contributed by atoms with Gasteiger partial charge in [-0.1, -0.05) is 34.8 Å². The van der Waals surface area contributed by atoms with Crippen molar-refractivity contribution >= 4 is 62.7 Å². The fourth-order valence-electron chi connectivity index (χ4n) is 0.682. The van der Waals surface area contributed by atoms with Crippen molar-refractivity contribution in [2.75, 3.05) is 5.43 Å². The van der Waals surface area contributed by atoms with Gasteiger partial charge in [-0.3, -0.25) is 9.11 Å². The summed E-state index contributed by atoms with van der Waals surface area (Å²) in [6.45, 7) is 0. The minimum Gasteiger partial charge on any atom is -0.308 e. The van der Waals surface area contributed by atoms with Crippen molar-refractivity contribution in [1.82, 2.24) is 4.94 Å². The highest BCUT2D eigenvalue weighted by atomic mass is 35.5. The predicted molar refractivity (Wildman–Crippen MR) is 68.3 cm³/mol. The Hall–Kier alpha value is 0.01000. The second-order valence-corrected chi connectivity index (χ2v) is 4.70. The highest BCUT2D eigenvalue weighted by Crippen LogP contribution is 2.32. The van der Waals surface area contributed by atoms with E-state index in [1.165, 1.54) is 0 Å². The first-order valence-electron chi connectivity index (χ1n) is 3.61. The third-order valence-electron chi connectivity index (χ3n) is 1.18. The van der Waals surface area contributed by atoms with Gasteiger partial charge in [0.25, 0.3) is 0 Å². The van der Waals surface area contributed by atoms with Crippen molar-refractivity contribution in [3.8, 4) is 0 Å². The zero-order valence-electron chi connectivity index (χ0n) is 7.79. The Morgan fingerprint density at radius 1 is 1.06 bits per heavy atom. The van der Waals surface area contributed by atoms with E-state index in [0.717, 1.165) is 0 Å². The van der Waals surface area contributed by atoms with Crippen LogP contribution in [0.3, 0.4) is 0 Å². The van der Waals surface area contributed by atoms with Crippen molar-refractivity contribution in [2.45, 2.75) is 0 Å². The molecule has 1 aromatic rings. The van der Waals surface area contributed by atoms with E-state index < -0.39 is 10.4 Å². The van der Waals surface area contributed by atoms with Gasteiger partial charge >= 0.3 is 10.4 Å². The van der Waals surface area contributed by atoms with Gasteiger partial charge < -0.3 is 5.43 Å². The standard InChI is InChI=1S/C6H4Cl4N2.H2O4S/c7-4-1-3(11-12-10)2-5(8)6(4)9;1-5(2,3)4/h1-2,11-12H;(H2,1,2,3,4). The van der Waals surface area contributed by atoms with Gasteiger partial charge in [-0.15, -0.1) is 4.94 Å². The molecule has 0 aliphatic carbocycles. The van der Waals surface area contributed by atoms with Crippen LogP contribution in [-0.4, -0.2) is 17.5 Å². The summed E-state index contributed by atoms with van der Waals surface area (Å²) >= 11 is 22.4. The molecular formula is C6H6Cl4N2O4S. The van der Waals surface area contributed by atoms with Gasteiger partial charge in [-0.2, -0.15) is 8.42 Å². The minimum absolute atomic E-state index is 0.332. The van der Waals surface area contributed by atoms with Gasteiger partial charge in [0.2, 0.25) is 0 Å². The quantitative estimate of drug-likeness (QED) is 0.285. The van der Waals surface area contributed by atoms with E-state index in [2.05, 4.69) is 10.4 Å². The second kappa shape index (κ2) is 7.45. The van der Waals surface area contributed by atoms with E-state index in [4.69, 9.17) is 64.1 Å². The van der Waals surface area contributed by atoms with Crippen LogP contribution in [0.1, 0.15) is 0 Å². The fourth-order valence-corrected chi connectivity index (χ4v) is 1.39. The monoisotopic (exact) mass is 342 g/mol. The molecule has 1 aromatic carbocycles. The second-order valence-electron chi connectivity index (χ2n) is 2.42. The van der Waals surface area contributed by atoms with Crippen molar-refractivity contribution in [2.24, 2.45) is 0 Å². The van der Waals surface area contributed by atoms with E-state index in [1.807, 2.05) is 0 Å². The molecule has 11 heteroatoms. The fraction of sp³-hybridized carbons (Fsp3) is 0. The molecule has 0 saturated carbocycles. The van der Waals surface area contributed by atoms with Gasteiger partial charge in [0.1, 0.15) is 0 Å². The lowest BCUT2D eigenvalue weighted by Gasteiger charge is -2.05. The summed E-state index contributed by atoms with van der Waals surface area (Å²) in [5.41, 5.74) is 3.25. The summed E-state index contributed by atoms with van der Waals surface area (Å²) in [6.07, 6.45) is 0. The normalized spacial score (nSPS) is 10.5. The number of hydrogen-bond donors (Lipinski definition) is 4. The lowest BCUT2D eigenvalue weighted by Crippen LogP contribution is -2.08. The van der Waals surface area contributed by atoms with Crippen LogP contribution < -0.4 is 10.4 Å². The molecular weight excluding hydrogens is 338 g/mol. The van der Waals surface area contributed by atoms with Gasteiger partial charge in [-0.05, 0) is 23.9 Å². The third kappa shape index (κ3) is 8.70. The molecule has 4 N–H and O–H groups in total. The van der Waals surface area contributed by atoms with Crippen molar-refractivity contribution in [1.29, 1.82) is 0 Å². The van der Waals surface area contributed by atoms with E-state index in [1.54, 1.807) is 12.1 Å². The number of anilines is 1. The number of hydrazine groups is 1. The Labute approximate surface area is 117 Å². The molecule has 98 valence electrons. The largest absolute Gasteiger partial charge is 0.394 e. The number of hydrogen-bond acceptors (Lipinski definition) is 4. The summed E-state index contributed by atoms with van der Waals surface area (Å²) in [5.74, 6) is 0. The average Bonchev–Trinajstić information content (AvgIpc) is 2.12. The smallest absolute Gasteiger partial charge is 0.308 e. The highest BCUT2D eigenvalue weighted by molar-refractivity contribution is 7.79. The average molecular weight is 344 g/mol. The predicted octanol–water partition coefficient (Wildman–Crippen LogP) is 3.06. The Morgan fingerprint density at radius 2 is 1.41 bits per heavy atom. The van der Waals surface area contributed by atoms with Crippen molar-refractivity contribution in [3.63, 3.8) is 0 Å². The van der Waals surface area contributed by atoms with Crippen LogP contribution >= 0.6 is 46.6 Å². The van der Waals surface area contributed by atoms with Crippen LogP contribution in [-0.2, 0) is 10.4 Å². The molecule has 0 radical (unpaired) electrons. The third-order valence-corrected chi connectivity index (χ3v) is 2.47. The molecule has 0 fully saturated rings. The SMILES string of the molecule is ClNNc1cc(Cl)c(Cl)c(Cl)c1.O=S(=O)(O)O. The maximum absolute atomic E-state index is 8.74. The topological polar surface area (TPSA) is 98.7 Å². The lowest BCUT2D eigenvalue weighted by atomic mass is 10.3. The Kier molecular flexibility index (Phi) is 7.45. The number of rotatable bonds is 2. The first-order chi connectivity index (χ1) is 7.65. The maximum Gasteiger partial charge on any atom is 0.394 e. The number of benzene rings is 1. The summed E-state index contributed by atoms with van der Waals surface area (Å²) in [7, 11) is -4.67. The Balaban J connectivity index is 0.000000437. The molecule has 0 aliphatic heterocycles. The van der Waals surface area contributed by atoms with Crippen LogP contribution in [0.15, 0.2) is 12.1 Å². The molecule has 0 bridgehead atoms. The highest BCUT2D eigenvalue weighted by Gasteiger charge is 2.04. The molecule has 1 rings (SSSR count). The zero-order chi connectivity index (χ0) is 13.6. The molecule has 0 saturated heterocycles. The van der Waals surface area contributed by atoms with Crippen LogP contribution in [0.5, 0.6) is 0 Å². The molecule has 0 aliphatic rings. The van der Waals surface area contributed by atoms with Crippen LogP contribution in [0, 0.1) is 0 Å². The minimum atomic E-state index is -4.67. The van der Waals surface area contributed by atoms with Gasteiger partial charge in [0.05, 0.1) is 20.8 Å². The lowest BCUT2D eigenvalue weighted by molar-refractivity contribution is 0.381. The van der Waals surface area contributed by atoms with Crippen LogP contribution in [0.2, 0.25) is 15.1 Å². The molecule has 0 unspecified atom stereocenters. The first-order valence-corrected chi connectivity index (χ1v) is 6.52. The van der Waals surface area contributed by atoms with Gasteiger partial charge in [0.15, 0.2) is 0 Å². The molecule has 0 amide bonds. The zero-order valence-corrected chi connectivity index (χ0v) is 11.6. The van der Waals surface area contributed by atoms with Crippen LogP contribution in [0.25, 0.3) is 0 Å². The Morgan fingerprint density at radius 3 is 1.71 bits per heavy atom. The van der Waals surface area contributed by atoms with E-state index in [9.17, 15) is 0 Å². The van der Waals surface area contributed by atoms with Crippen molar-refractivity contribution < 1.29 is 17.5 Å². The van der Waals surface area contributed by atoms with E-state index >= 15 is 0 Å². The number of nitrogens with one attached hydrogen (secondary N) is 2. The summed E-state index contributed by atoms with van der Waals surface area (Å²) in [4.78, 5) is 2.22. The van der Waals surface area contributed by atoms with Gasteiger partial charge in [0, 0.05) is 0 Å². The molecule has 0 aromatic heterocycles. The molecule has 6 nitrogen and oxygen atoms in total. The van der Waals surface area contributed by atoms with E-state index in [-0.39, 0.29) is 0 Å². The summed E-state index contributed by atoms with van der Waals surface area (Å²) in [5, 5.41) is 1.08. The Bertz CT molecular complexity index is 450. The summed E-state index contributed by atoms with van der Waals surface area (Å²) < 4.78 is 31.6. The molecule has 17 heavy (non-hydrogen) atoms. The first kappa shape index (κ1) is 17.0. The van der Waals surface area contributed by atoms with Crippen LogP contribution in [0.4, 0.5) is 5.69 Å². The number of halogens is 4. The van der Waals surface area contributed by atoms with Crippen molar-refractivity contribution in [3.05, 3.63) is 27.2 Å². The van der Waals surface area contributed by atoms with Gasteiger partial charge in [-0.25, -0.2) is 0 Å². The molecule has 0 atom stereocenters. The van der Waals surface area contributed by atoms with E-state index in [0.29, 0.717) is 20.8 Å². The molecule has 0 heterocycles.